The van der Waals surface area contributed by atoms with Gasteiger partial charge < -0.3 is 10.1 Å². The number of hydrogen-bond donors (Lipinski definition) is 1. The lowest BCUT2D eigenvalue weighted by atomic mass is 10.2. The van der Waals surface area contributed by atoms with E-state index in [1.807, 2.05) is 26.0 Å². The Morgan fingerprint density at radius 3 is 2.68 bits per heavy atom. The number of rotatable bonds is 7. The number of ether oxygens (including phenoxy) is 1. The summed E-state index contributed by atoms with van der Waals surface area (Å²) in [6.07, 6.45) is 1.68. The number of nitrogens with one attached hydrogen (secondary N) is 1. The average molecular weight is 381 g/mol. The maximum absolute atomic E-state index is 12.2. The van der Waals surface area contributed by atoms with Gasteiger partial charge in [-0.2, -0.15) is 0 Å². The SMILES string of the molecule is CCC(CC)NC(=O)COC(=O)c1sc(-c2cccc(Cl)c2)nc1C. The number of halogens is 1. The van der Waals surface area contributed by atoms with Gasteiger partial charge in [0.15, 0.2) is 6.61 Å². The lowest BCUT2D eigenvalue weighted by molar-refractivity contribution is -0.125. The van der Waals surface area contributed by atoms with Gasteiger partial charge in [0.25, 0.3) is 5.91 Å². The van der Waals surface area contributed by atoms with Crippen LogP contribution in [0.1, 0.15) is 42.1 Å². The molecule has 0 aliphatic rings. The Kier molecular flexibility index (Phi) is 6.96. The minimum absolute atomic E-state index is 0.103. The number of thiazole rings is 1. The molecule has 0 aliphatic carbocycles. The number of carbonyl (C=O) groups excluding carboxylic acids is 2. The third-order valence-corrected chi connectivity index (χ3v) is 5.16. The van der Waals surface area contributed by atoms with E-state index in [-0.39, 0.29) is 18.6 Å². The number of esters is 1. The lowest BCUT2D eigenvalue weighted by Gasteiger charge is -2.14. The number of carbonyl (C=O) groups is 2. The Labute approximate surface area is 156 Å². The molecule has 1 heterocycles. The van der Waals surface area contributed by atoms with Crippen molar-refractivity contribution in [1.82, 2.24) is 10.3 Å². The molecule has 1 aromatic heterocycles. The van der Waals surface area contributed by atoms with Gasteiger partial charge in [0, 0.05) is 16.6 Å². The van der Waals surface area contributed by atoms with Gasteiger partial charge in [0.2, 0.25) is 0 Å². The van der Waals surface area contributed by atoms with Gasteiger partial charge in [-0.1, -0.05) is 37.6 Å². The summed E-state index contributed by atoms with van der Waals surface area (Å²) in [5.74, 6) is -0.831. The normalized spacial score (nSPS) is 10.8. The van der Waals surface area contributed by atoms with Crippen LogP contribution in [0.3, 0.4) is 0 Å². The van der Waals surface area contributed by atoms with Crippen LogP contribution in [0.15, 0.2) is 24.3 Å². The van der Waals surface area contributed by atoms with Crippen LogP contribution in [-0.4, -0.2) is 29.5 Å². The Morgan fingerprint density at radius 2 is 2.04 bits per heavy atom. The van der Waals surface area contributed by atoms with Gasteiger partial charge in [-0.3, -0.25) is 4.79 Å². The van der Waals surface area contributed by atoms with Crippen LogP contribution in [0, 0.1) is 6.92 Å². The first kappa shape index (κ1) is 19.4. The van der Waals surface area contributed by atoms with Crippen LogP contribution >= 0.6 is 22.9 Å². The second-order valence-corrected chi connectivity index (χ2v) is 7.04. The van der Waals surface area contributed by atoms with E-state index in [4.69, 9.17) is 16.3 Å². The number of aromatic nitrogens is 1. The summed E-state index contributed by atoms with van der Waals surface area (Å²) < 4.78 is 5.13. The van der Waals surface area contributed by atoms with Crippen LogP contribution in [0.25, 0.3) is 10.6 Å². The van der Waals surface area contributed by atoms with Gasteiger partial charge in [-0.05, 0) is 31.9 Å². The fourth-order valence-corrected chi connectivity index (χ4v) is 3.44. The molecule has 0 radical (unpaired) electrons. The molecule has 1 aromatic carbocycles. The molecule has 0 spiro atoms. The van der Waals surface area contributed by atoms with Crippen molar-refractivity contribution in [3.05, 3.63) is 39.9 Å². The molecule has 0 fully saturated rings. The Balaban J connectivity index is 2.02. The fraction of sp³-hybridized carbons (Fsp3) is 0.389. The minimum atomic E-state index is -0.539. The zero-order valence-corrected chi connectivity index (χ0v) is 16.0. The van der Waals surface area contributed by atoms with Crippen molar-refractivity contribution in [2.75, 3.05) is 6.61 Å². The lowest BCUT2D eigenvalue weighted by Crippen LogP contribution is -2.36. The molecule has 0 aliphatic heterocycles. The van der Waals surface area contributed by atoms with Crippen molar-refractivity contribution in [2.24, 2.45) is 0 Å². The summed E-state index contributed by atoms with van der Waals surface area (Å²) in [6.45, 7) is 5.45. The molecule has 0 bridgehead atoms. The smallest absolute Gasteiger partial charge is 0.350 e. The van der Waals surface area contributed by atoms with Crippen LogP contribution < -0.4 is 5.32 Å². The molecule has 0 atom stereocenters. The third kappa shape index (κ3) is 5.28. The Bertz CT molecular complexity index is 757. The molecule has 5 nitrogen and oxygen atoms in total. The van der Waals surface area contributed by atoms with Gasteiger partial charge in [-0.15, -0.1) is 11.3 Å². The molecule has 0 saturated carbocycles. The van der Waals surface area contributed by atoms with Crippen molar-refractivity contribution in [2.45, 2.75) is 39.7 Å². The van der Waals surface area contributed by atoms with Crippen LogP contribution in [0.2, 0.25) is 5.02 Å². The van der Waals surface area contributed by atoms with E-state index >= 15 is 0 Å². The molecular weight excluding hydrogens is 360 g/mol. The highest BCUT2D eigenvalue weighted by atomic mass is 35.5. The van der Waals surface area contributed by atoms with Crippen LogP contribution in [-0.2, 0) is 9.53 Å². The fourth-order valence-electron chi connectivity index (χ4n) is 2.29. The van der Waals surface area contributed by atoms with Crippen molar-refractivity contribution < 1.29 is 14.3 Å². The summed E-state index contributed by atoms with van der Waals surface area (Å²) in [5, 5.41) is 4.12. The maximum atomic E-state index is 12.2. The van der Waals surface area contributed by atoms with E-state index in [1.165, 1.54) is 11.3 Å². The average Bonchev–Trinajstić information content (AvgIpc) is 2.99. The van der Waals surface area contributed by atoms with Gasteiger partial charge in [0.05, 0.1) is 5.69 Å². The summed E-state index contributed by atoms with van der Waals surface area (Å²) in [5.41, 5.74) is 1.41. The Morgan fingerprint density at radius 1 is 1.32 bits per heavy atom. The highest BCUT2D eigenvalue weighted by molar-refractivity contribution is 7.17. The maximum Gasteiger partial charge on any atom is 0.350 e. The van der Waals surface area contributed by atoms with E-state index in [0.29, 0.717) is 20.6 Å². The zero-order valence-electron chi connectivity index (χ0n) is 14.5. The molecule has 25 heavy (non-hydrogen) atoms. The number of benzene rings is 1. The molecule has 1 N–H and O–H groups in total. The van der Waals surface area contributed by atoms with Gasteiger partial charge in [0.1, 0.15) is 9.88 Å². The number of hydrogen-bond acceptors (Lipinski definition) is 5. The molecule has 2 rings (SSSR count). The summed E-state index contributed by atoms with van der Waals surface area (Å²) >= 11 is 7.22. The second-order valence-electron chi connectivity index (χ2n) is 5.60. The van der Waals surface area contributed by atoms with Crippen molar-refractivity contribution in [3.63, 3.8) is 0 Å². The van der Waals surface area contributed by atoms with Crippen molar-refractivity contribution >= 4 is 34.8 Å². The highest BCUT2D eigenvalue weighted by Crippen LogP contribution is 2.29. The van der Waals surface area contributed by atoms with Crippen molar-refractivity contribution in [1.29, 1.82) is 0 Å². The molecular formula is C18H21ClN2O3S. The molecule has 1 amide bonds. The standard InChI is InChI=1S/C18H21ClN2O3S/c1-4-14(5-2)21-15(22)10-24-18(23)16-11(3)20-17(25-16)12-7-6-8-13(19)9-12/h6-9,14H,4-5,10H2,1-3H3,(H,21,22). The molecule has 0 saturated heterocycles. The number of nitrogens with zero attached hydrogens (tertiary/aromatic N) is 1. The quantitative estimate of drug-likeness (QED) is 0.729. The van der Waals surface area contributed by atoms with Gasteiger partial charge >= 0.3 is 5.97 Å². The van der Waals surface area contributed by atoms with Crippen molar-refractivity contribution in [3.8, 4) is 10.6 Å². The monoisotopic (exact) mass is 380 g/mol. The van der Waals surface area contributed by atoms with E-state index in [1.54, 1.807) is 19.1 Å². The van der Waals surface area contributed by atoms with E-state index in [2.05, 4.69) is 10.3 Å². The second kappa shape index (κ2) is 8.97. The van der Waals surface area contributed by atoms with E-state index in [0.717, 1.165) is 18.4 Å². The molecule has 134 valence electrons. The zero-order chi connectivity index (χ0) is 18.4. The highest BCUT2D eigenvalue weighted by Gasteiger charge is 2.19. The predicted octanol–water partition coefficient (Wildman–Crippen LogP) is 4.23. The summed E-state index contributed by atoms with van der Waals surface area (Å²) in [6, 6.07) is 7.37. The molecule has 2 aromatic rings. The predicted molar refractivity (Wildman–Crippen MR) is 100 cm³/mol. The molecule has 7 heteroatoms. The first-order valence-corrected chi connectivity index (χ1v) is 9.33. The van der Waals surface area contributed by atoms with E-state index in [9.17, 15) is 9.59 Å². The van der Waals surface area contributed by atoms with Crippen LogP contribution in [0.5, 0.6) is 0 Å². The topological polar surface area (TPSA) is 68.3 Å². The van der Waals surface area contributed by atoms with E-state index < -0.39 is 5.97 Å². The van der Waals surface area contributed by atoms with Gasteiger partial charge in [-0.25, -0.2) is 9.78 Å². The summed E-state index contributed by atoms with van der Waals surface area (Å²) in [4.78, 5) is 28.9. The molecule has 0 unspecified atom stereocenters. The Hall–Kier alpha value is -1.92. The minimum Gasteiger partial charge on any atom is -0.451 e. The first-order valence-electron chi connectivity index (χ1n) is 8.14. The number of amides is 1. The third-order valence-electron chi connectivity index (χ3n) is 3.74. The number of aryl methyl sites for hydroxylation is 1. The summed E-state index contributed by atoms with van der Waals surface area (Å²) in [7, 11) is 0. The largest absolute Gasteiger partial charge is 0.451 e. The first-order chi connectivity index (χ1) is 11.9. The van der Waals surface area contributed by atoms with Crippen LogP contribution in [0.4, 0.5) is 0 Å².